The summed E-state index contributed by atoms with van der Waals surface area (Å²) in [7, 11) is 1.66. The van der Waals surface area contributed by atoms with Gasteiger partial charge in [-0.2, -0.15) is 4.98 Å². The standard InChI is InChI=1S/C22H25FN4O/c1-16-15-21(24-13-11-17-7-9-19(28-2)10-8-17)27-22(26-16)25-14-12-18-5-3-4-6-20(18)23/h3-10,15H,11-14H2,1-2H3,(H2,24,25,26,27). The third kappa shape index (κ3) is 5.67. The van der Waals surface area contributed by atoms with Crippen LogP contribution in [0, 0.1) is 12.7 Å². The summed E-state index contributed by atoms with van der Waals surface area (Å²) in [6.45, 7) is 3.26. The molecule has 0 unspecified atom stereocenters. The largest absolute Gasteiger partial charge is 0.497 e. The van der Waals surface area contributed by atoms with Gasteiger partial charge >= 0.3 is 0 Å². The lowest BCUT2D eigenvalue weighted by molar-refractivity contribution is 0.414. The predicted octanol–water partition coefficient (Wildman–Crippen LogP) is 4.24. The molecule has 3 aromatic rings. The SMILES string of the molecule is COc1ccc(CCNc2cc(C)nc(NCCc3ccccc3F)n2)cc1. The first-order chi connectivity index (χ1) is 13.6. The molecule has 0 saturated heterocycles. The molecule has 0 radical (unpaired) electrons. The van der Waals surface area contributed by atoms with E-state index in [1.165, 1.54) is 11.6 Å². The van der Waals surface area contributed by atoms with Crippen molar-refractivity contribution in [2.45, 2.75) is 19.8 Å². The number of anilines is 2. The van der Waals surface area contributed by atoms with Gasteiger partial charge in [0, 0.05) is 24.8 Å². The van der Waals surface area contributed by atoms with Gasteiger partial charge in [0.05, 0.1) is 7.11 Å². The Balaban J connectivity index is 1.51. The Labute approximate surface area is 165 Å². The van der Waals surface area contributed by atoms with Gasteiger partial charge < -0.3 is 15.4 Å². The lowest BCUT2D eigenvalue weighted by Gasteiger charge is -2.10. The number of benzene rings is 2. The molecule has 3 rings (SSSR count). The molecule has 146 valence electrons. The van der Waals surface area contributed by atoms with Crippen molar-refractivity contribution in [1.29, 1.82) is 0 Å². The van der Waals surface area contributed by atoms with Crippen LogP contribution in [0.15, 0.2) is 54.6 Å². The van der Waals surface area contributed by atoms with Crippen LogP contribution < -0.4 is 15.4 Å². The fraction of sp³-hybridized carbons (Fsp3) is 0.273. The van der Waals surface area contributed by atoms with E-state index >= 15 is 0 Å². The Morgan fingerprint density at radius 3 is 2.43 bits per heavy atom. The van der Waals surface area contributed by atoms with Crippen LogP contribution in [0.3, 0.4) is 0 Å². The number of nitrogens with one attached hydrogen (secondary N) is 2. The van der Waals surface area contributed by atoms with Gasteiger partial charge in [-0.15, -0.1) is 0 Å². The molecule has 0 bridgehead atoms. The summed E-state index contributed by atoms with van der Waals surface area (Å²) in [6, 6.07) is 16.7. The van der Waals surface area contributed by atoms with Crippen molar-refractivity contribution in [3.8, 4) is 5.75 Å². The minimum absolute atomic E-state index is 0.185. The van der Waals surface area contributed by atoms with E-state index in [4.69, 9.17) is 4.74 Å². The minimum Gasteiger partial charge on any atom is -0.497 e. The molecule has 0 fully saturated rings. The monoisotopic (exact) mass is 380 g/mol. The maximum Gasteiger partial charge on any atom is 0.224 e. The first kappa shape index (κ1) is 19.6. The van der Waals surface area contributed by atoms with Gasteiger partial charge in [0.1, 0.15) is 17.4 Å². The van der Waals surface area contributed by atoms with E-state index in [1.807, 2.05) is 31.2 Å². The van der Waals surface area contributed by atoms with Crippen LogP contribution >= 0.6 is 0 Å². The minimum atomic E-state index is -0.185. The van der Waals surface area contributed by atoms with E-state index in [0.717, 1.165) is 30.2 Å². The Bertz CT molecular complexity index is 899. The number of hydrogen-bond acceptors (Lipinski definition) is 5. The van der Waals surface area contributed by atoms with Gasteiger partial charge in [0.15, 0.2) is 0 Å². The summed E-state index contributed by atoms with van der Waals surface area (Å²) in [5.41, 5.74) is 2.78. The molecule has 2 aromatic carbocycles. The highest BCUT2D eigenvalue weighted by molar-refractivity contribution is 5.42. The number of aromatic nitrogens is 2. The average Bonchev–Trinajstić information content (AvgIpc) is 2.70. The van der Waals surface area contributed by atoms with Gasteiger partial charge in [-0.1, -0.05) is 30.3 Å². The van der Waals surface area contributed by atoms with Crippen LogP contribution in [-0.2, 0) is 12.8 Å². The van der Waals surface area contributed by atoms with Gasteiger partial charge in [0.2, 0.25) is 5.95 Å². The Morgan fingerprint density at radius 1 is 0.929 bits per heavy atom. The Kier molecular flexibility index (Phi) is 6.78. The number of methoxy groups -OCH3 is 1. The first-order valence-corrected chi connectivity index (χ1v) is 9.34. The van der Waals surface area contributed by atoms with Crippen molar-refractivity contribution < 1.29 is 9.13 Å². The third-order valence-corrected chi connectivity index (χ3v) is 4.37. The summed E-state index contributed by atoms with van der Waals surface area (Å²) >= 11 is 0. The molecular weight excluding hydrogens is 355 g/mol. The maximum atomic E-state index is 13.7. The Morgan fingerprint density at radius 2 is 1.68 bits per heavy atom. The van der Waals surface area contributed by atoms with Crippen molar-refractivity contribution in [1.82, 2.24) is 9.97 Å². The summed E-state index contributed by atoms with van der Waals surface area (Å²) in [5, 5.41) is 6.52. The zero-order valence-electron chi connectivity index (χ0n) is 16.2. The highest BCUT2D eigenvalue weighted by atomic mass is 19.1. The fourth-order valence-electron chi connectivity index (χ4n) is 2.88. The van der Waals surface area contributed by atoms with Crippen LogP contribution in [0.5, 0.6) is 5.75 Å². The number of rotatable bonds is 9. The number of hydrogen-bond donors (Lipinski definition) is 2. The van der Waals surface area contributed by atoms with Gasteiger partial charge in [0.25, 0.3) is 0 Å². The smallest absolute Gasteiger partial charge is 0.224 e. The molecule has 0 atom stereocenters. The number of aryl methyl sites for hydroxylation is 1. The molecule has 0 spiro atoms. The third-order valence-electron chi connectivity index (χ3n) is 4.37. The van der Waals surface area contributed by atoms with Crippen molar-refractivity contribution in [2.24, 2.45) is 0 Å². The molecular formula is C22H25FN4O. The van der Waals surface area contributed by atoms with E-state index in [-0.39, 0.29) is 5.82 Å². The van der Waals surface area contributed by atoms with E-state index in [2.05, 4.69) is 32.7 Å². The van der Waals surface area contributed by atoms with Gasteiger partial charge in [-0.25, -0.2) is 9.37 Å². The molecule has 1 heterocycles. The second-order valence-corrected chi connectivity index (χ2v) is 6.51. The molecule has 6 heteroatoms. The van der Waals surface area contributed by atoms with Crippen molar-refractivity contribution >= 4 is 11.8 Å². The quantitative estimate of drug-likeness (QED) is 0.581. The van der Waals surface area contributed by atoms with Crippen molar-refractivity contribution in [3.05, 3.63) is 77.2 Å². The second-order valence-electron chi connectivity index (χ2n) is 6.51. The maximum absolute atomic E-state index is 13.7. The zero-order chi connectivity index (χ0) is 19.8. The van der Waals surface area contributed by atoms with Crippen LogP contribution in [0.25, 0.3) is 0 Å². The van der Waals surface area contributed by atoms with Crippen molar-refractivity contribution in [2.75, 3.05) is 30.8 Å². The second kappa shape index (κ2) is 9.69. The molecule has 0 amide bonds. The highest BCUT2D eigenvalue weighted by Crippen LogP contribution is 2.13. The van der Waals surface area contributed by atoms with Crippen LogP contribution in [0.4, 0.5) is 16.2 Å². The predicted molar refractivity (Wildman–Crippen MR) is 111 cm³/mol. The van der Waals surface area contributed by atoms with E-state index in [0.29, 0.717) is 24.5 Å². The van der Waals surface area contributed by atoms with Crippen molar-refractivity contribution in [3.63, 3.8) is 0 Å². The summed E-state index contributed by atoms with van der Waals surface area (Å²) in [6.07, 6.45) is 1.45. The molecule has 1 aromatic heterocycles. The lowest BCUT2D eigenvalue weighted by Crippen LogP contribution is -2.12. The average molecular weight is 380 g/mol. The number of ether oxygens (including phenoxy) is 1. The number of nitrogens with zero attached hydrogens (tertiary/aromatic N) is 2. The summed E-state index contributed by atoms with van der Waals surface area (Å²) in [5.74, 6) is 1.99. The highest BCUT2D eigenvalue weighted by Gasteiger charge is 2.04. The normalized spacial score (nSPS) is 10.5. The first-order valence-electron chi connectivity index (χ1n) is 9.34. The summed E-state index contributed by atoms with van der Waals surface area (Å²) < 4.78 is 18.9. The molecule has 5 nitrogen and oxygen atoms in total. The Hall–Kier alpha value is -3.15. The van der Waals surface area contributed by atoms with E-state index in [9.17, 15) is 4.39 Å². The van der Waals surface area contributed by atoms with E-state index < -0.39 is 0 Å². The zero-order valence-corrected chi connectivity index (χ0v) is 16.2. The van der Waals surface area contributed by atoms with Crippen LogP contribution in [-0.4, -0.2) is 30.2 Å². The fourth-order valence-corrected chi connectivity index (χ4v) is 2.88. The molecule has 28 heavy (non-hydrogen) atoms. The van der Waals surface area contributed by atoms with Gasteiger partial charge in [-0.3, -0.25) is 0 Å². The number of halogens is 1. The lowest BCUT2D eigenvalue weighted by atomic mass is 10.1. The van der Waals surface area contributed by atoms with Gasteiger partial charge in [-0.05, 0) is 49.1 Å². The molecule has 0 aliphatic carbocycles. The van der Waals surface area contributed by atoms with Crippen LogP contribution in [0.2, 0.25) is 0 Å². The molecule has 0 saturated carbocycles. The topological polar surface area (TPSA) is 59.1 Å². The van der Waals surface area contributed by atoms with Crippen LogP contribution in [0.1, 0.15) is 16.8 Å². The summed E-state index contributed by atoms with van der Waals surface area (Å²) in [4.78, 5) is 8.90. The molecule has 2 N–H and O–H groups in total. The molecule has 0 aliphatic rings. The van der Waals surface area contributed by atoms with E-state index in [1.54, 1.807) is 19.2 Å². The molecule has 0 aliphatic heterocycles.